The molecule has 1 amide bonds. The Hall–Kier alpha value is -3.39. The summed E-state index contributed by atoms with van der Waals surface area (Å²) in [5, 5.41) is 13.7. The van der Waals surface area contributed by atoms with Crippen molar-refractivity contribution >= 4 is 16.9 Å². The average Bonchev–Trinajstić information content (AvgIpc) is 3.27. The Morgan fingerprint density at radius 2 is 2.14 bits per heavy atom. The molecule has 1 atom stereocenters. The largest absolute Gasteiger partial charge is 0.506 e. The minimum absolute atomic E-state index is 0.0768. The summed E-state index contributed by atoms with van der Waals surface area (Å²) in [5.74, 6) is -0.393. The minimum Gasteiger partial charge on any atom is -0.506 e. The second kappa shape index (κ2) is 7.92. The van der Waals surface area contributed by atoms with Gasteiger partial charge in [-0.1, -0.05) is 0 Å². The molecule has 1 saturated heterocycles. The maximum Gasteiger partial charge on any atom is 0.273 e. The van der Waals surface area contributed by atoms with Crippen LogP contribution in [-0.4, -0.2) is 46.9 Å². The summed E-state index contributed by atoms with van der Waals surface area (Å²) in [4.78, 5) is 30.3. The van der Waals surface area contributed by atoms with Gasteiger partial charge in [-0.2, -0.15) is 0 Å². The molecule has 0 saturated carbocycles. The molecule has 8 heteroatoms. The van der Waals surface area contributed by atoms with Crippen molar-refractivity contribution < 1.29 is 19.4 Å². The van der Waals surface area contributed by atoms with E-state index in [1.54, 1.807) is 43.5 Å². The molecule has 1 aliphatic heterocycles. The zero-order chi connectivity index (χ0) is 20.4. The zero-order valence-corrected chi connectivity index (χ0v) is 15.9. The number of aromatic nitrogens is 2. The van der Waals surface area contributed by atoms with Crippen LogP contribution in [0.4, 0.5) is 0 Å². The van der Waals surface area contributed by atoms with Gasteiger partial charge in [0, 0.05) is 19.3 Å². The molecule has 0 aliphatic carbocycles. The highest BCUT2D eigenvalue weighted by Crippen LogP contribution is 2.27. The van der Waals surface area contributed by atoms with Crippen molar-refractivity contribution in [2.45, 2.75) is 18.9 Å². The summed E-state index contributed by atoms with van der Waals surface area (Å²) in [6.07, 6.45) is 3.24. The van der Waals surface area contributed by atoms with E-state index in [9.17, 15) is 14.7 Å². The van der Waals surface area contributed by atoms with E-state index >= 15 is 0 Å². The fourth-order valence-corrected chi connectivity index (χ4v) is 3.48. The number of aromatic hydroxyl groups is 1. The van der Waals surface area contributed by atoms with Gasteiger partial charge in [-0.05, 0) is 49.2 Å². The van der Waals surface area contributed by atoms with Crippen molar-refractivity contribution in [1.82, 2.24) is 14.9 Å². The predicted molar refractivity (Wildman–Crippen MR) is 107 cm³/mol. The topological polar surface area (TPSA) is 103 Å². The lowest BCUT2D eigenvalue weighted by Crippen LogP contribution is -2.36. The summed E-state index contributed by atoms with van der Waals surface area (Å²) in [6.45, 7) is 0.947. The second-order valence-electron chi connectivity index (χ2n) is 6.78. The molecule has 1 aromatic carbocycles. The molecule has 3 aromatic rings. The van der Waals surface area contributed by atoms with Gasteiger partial charge in [0.05, 0.1) is 24.3 Å². The van der Waals surface area contributed by atoms with Crippen molar-refractivity contribution in [2.75, 3.05) is 20.3 Å². The number of nitrogens with zero attached hydrogens (tertiary/aromatic N) is 2. The predicted octanol–water partition coefficient (Wildman–Crippen LogP) is 2.01. The number of ether oxygens (including phenoxy) is 2. The average molecular weight is 395 g/mol. The van der Waals surface area contributed by atoms with Crippen LogP contribution in [0.15, 0.2) is 47.4 Å². The Balaban J connectivity index is 1.82. The molecular weight excluding hydrogens is 374 g/mol. The molecule has 1 unspecified atom stereocenters. The van der Waals surface area contributed by atoms with E-state index in [1.165, 1.54) is 10.8 Å². The Morgan fingerprint density at radius 1 is 1.34 bits per heavy atom. The third-order valence-corrected chi connectivity index (χ3v) is 4.98. The summed E-state index contributed by atoms with van der Waals surface area (Å²) >= 11 is 0. The maximum absolute atomic E-state index is 13.2. The molecule has 0 spiro atoms. The molecule has 8 nitrogen and oxygen atoms in total. The quantitative estimate of drug-likeness (QED) is 0.685. The molecule has 29 heavy (non-hydrogen) atoms. The van der Waals surface area contributed by atoms with E-state index in [1.807, 2.05) is 0 Å². The van der Waals surface area contributed by atoms with Gasteiger partial charge in [-0.15, -0.1) is 0 Å². The maximum atomic E-state index is 13.2. The van der Waals surface area contributed by atoms with Crippen molar-refractivity contribution in [2.24, 2.45) is 0 Å². The van der Waals surface area contributed by atoms with Crippen LogP contribution in [0.1, 0.15) is 23.2 Å². The first kappa shape index (κ1) is 18.9. The highest BCUT2D eigenvalue weighted by atomic mass is 16.5. The standard InChI is InChI=1S/C21H21N3O5/c1-28-14-8-6-13(7-9-14)24-19-16(5-2-10-22-19)18(25)17(21(24)27)20(26)23-12-15-4-3-11-29-15/h2,5-10,15,25H,3-4,11-12H2,1H3,(H,23,26). The number of hydrogen-bond donors (Lipinski definition) is 2. The van der Waals surface area contributed by atoms with Crippen LogP contribution >= 0.6 is 0 Å². The van der Waals surface area contributed by atoms with Crippen LogP contribution in [0.25, 0.3) is 16.7 Å². The Bertz CT molecular complexity index is 1100. The molecule has 4 rings (SSSR count). The number of pyridine rings is 2. The molecule has 0 radical (unpaired) electrons. The van der Waals surface area contributed by atoms with Crippen LogP contribution in [0.2, 0.25) is 0 Å². The van der Waals surface area contributed by atoms with Gasteiger partial charge in [0.2, 0.25) is 0 Å². The van der Waals surface area contributed by atoms with Gasteiger partial charge in [0.25, 0.3) is 11.5 Å². The van der Waals surface area contributed by atoms with Crippen LogP contribution < -0.4 is 15.6 Å². The monoisotopic (exact) mass is 395 g/mol. The van der Waals surface area contributed by atoms with Gasteiger partial charge in [0.1, 0.15) is 17.1 Å². The van der Waals surface area contributed by atoms with Crippen molar-refractivity contribution in [3.63, 3.8) is 0 Å². The summed E-state index contributed by atoms with van der Waals surface area (Å²) in [6, 6.07) is 10.1. The second-order valence-corrected chi connectivity index (χ2v) is 6.78. The SMILES string of the molecule is COc1ccc(-n2c(=O)c(C(=O)NCC3CCCO3)c(O)c3cccnc32)cc1. The van der Waals surface area contributed by atoms with Gasteiger partial charge in [-0.3, -0.25) is 14.2 Å². The number of nitrogens with one attached hydrogen (secondary N) is 1. The lowest BCUT2D eigenvalue weighted by molar-refractivity contribution is 0.0854. The Morgan fingerprint density at radius 3 is 2.83 bits per heavy atom. The number of benzene rings is 1. The van der Waals surface area contributed by atoms with Crippen LogP contribution in [0.5, 0.6) is 11.5 Å². The summed E-state index contributed by atoms with van der Waals surface area (Å²) < 4.78 is 12.0. The molecule has 1 fully saturated rings. The van der Waals surface area contributed by atoms with E-state index in [0.717, 1.165) is 12.8 Å². The smallest absolute Gasteiger partial charge is 0.273 e. The summed E-state index contributed by atoms with van der Waals surface area (Å²) in [7, 11) is 1.55. The highest BCUT2D eigenvalue weighted by molar-refractivity contribution is 6.02. The van der Waals surface area contributed by atoms with E-state index in [2.05, 4.69) is 10.3 Å². The molecule has 3 heterocycles. The Labute approximate surface area is 166 Å². The molecule has 1 aliphatic rings. The number of methoxy groups -OCH3 is 1. The molecular formula is C21H21N3O5. The number of amides is 1. The first-order valence-corrected chi connectivity index (χ1v) is 9.37. The molecule has 2 aromatic heterocycles. The molecule has 2 N–H and O–H groups in total. The lowest BCUT2D eigenvalue weighted by Gasteiger charge is -2.15. The minimum atomic E-state index is -0.649. The Kier molecular flexibility index (Phi) is 5.18. The van der Waals surface area contributed by atoms with Crippen molar-refractivity contribution in [1.29, 1.82) is 0 Å². The van der Waals surface area contributed by atoms with Crippen LogP contribution in [0, 0.1) is 0 Å². The van der Waals surface area contributed by atoms with E-state index in [-0.39, 0.29) is 29.6 Å². The third kappa shape index (κ3) is 3.54. The van der Waals surface area contributed by atoms with Gasteiger partial charge in [-0.25, -0.2) is 4.98 Å². The van der Waals surface area contributed by atoms with E-state index < -0.39 is 11.5 Å². The van der Waals surface area contributed by atoms with Gasteiger partial charge in [0.15, 0.2) is 5.65 Å². The number of carbonyl (C=O) groups is 1. The zero-order valence-electron chi connectivity index (χ0n) is 15.9. The molecule has 150 valence electrons. The lowest BCUT2D eigenvalue weighted by atomic mass is 10.1. The third-order valence-electron chi connectivity index (χ3n) is 4.98. The van der Waals surface area contributed by atoms with Crippen molar-refractivity contribution in [3.8, 4) is 17.2 Å². The first-order chi connectivity index (χ1) is 14.1. The van der Waals surface area contributed by atoms with Crippen molar-refractivity contribution in [3.05, 3.63) is 58.5 Å². The summed E-state index contributed by atoms with van der Waals surface area (Å²) in [5.41, 5.74) is -0.202. The number of hydrogen-bond acceptors (Lipinski definition) is 6. The van der Waals surface area contributed by atoms with E-state index in [4.69, 9.17) is 9.47 Å². The number of carbonyl (C=O) groups excluding carboxylic acids is 1. The highest BCUT2D eigenvalue weighted by Gasteiger charge is 2.25. The number of rotatable bonds is 5. The fraction of sp³-hybridized carbons (Fsp3) is 0.286. The first-order valence-electron chi connectivity index (χ1n) is 9.37. The van der Waals surface area contributed by atoms with Crippen LogP contribution in [-0.2, 0) is 4.74 Å². The van der Waals surface area contributed by atoms with Gasteiger partial charge >= 0.3 is 0 Å². The van der Waals surface area contributed by atoms with Crippen LogP contribution in [0.3, 0.4) is 0 Å². The fourth-order valence-electron chi connectivity index (χ4n) is 3.48. The van der Waals surface area contributed by atoms with E-state index in [0.29, 0.717) is 23.4 Å². The normalized spacial score (nSPS) is 16.1. The van der Waals surface area contributed by atoms with Gasteiger partial charge < -0.3 is 19.9 Å². The number of fused-ring (bicyclic) bond motifs is 1. The molecule has 0 bridgehead atoms.